The minimum Gasteiger partial charge on any atom is -0.452 e. The van der Waals surface area contributed by atoms with Crippen molar-refractivity contribution in [3.63, 3.8) is 0 Å². The first-order valence-corrected chi connectivity index (χ1v) is 5.78. The average Bonchev–Trinajstić information content (AvgIpc) is 2.78. The first kappa shape index (κ1) is 11.6. The number of hydrogen-bond acceptors (Lipinski definition) is 3. The number of para-hydroxylation sites is 1. The van der Waals surface area contributed by atoms with Crippen LogP contribution in [0.15, 0.2) is 30.3 Å². The minimum absolute atomic E-state index is 0.135. The molecule has 1 fully saturated rings. The number of carbonyl (C=O) groups is 2. The predicted molar refractivity (Wildman–Crippen MR) is 63.6 cm³/mol. The zero-order chi connectivity index (χ0) is 12.3. The van der Waals surface area contributed by atoms with Crippen molar-refractivity contribution in [3.05, 3.63) is 30.3 Å². The zero-order valence-corrected chi connectivity index (χ0v) is 9.76. The van der Waals surface area contributed by atoms with E-state index in [1.54, 1.807) is 4.90 Å². The number of nitrogens with zero attached hydrogens (tertiary/aromatic N) is 1. The molecule has 2 rings (SSSR count). The molecule has 1 heterocycles. The van der Waals surface area contributed by atoms with Crippen LogP contribution in [0.2, 0.25) is 0 Å². The highest BCUT2D eigenvalue weighted by Crippen LogP contribution is 2.20. The Morgan fingerprint density at radius 1 is 1.41 bits per heavy atom. The Morgan fingerprint density at radius 2 is 2.12 bits per heavy atom. The molecule has 0 bridgehead atoms. The molecule has 0 aliphatic carbocycles. The monoisotopic (exact) mass is 233 g/mol. The van der Waals surface area contributed by atoms with Gasteiger partial charge in [-0.15, -0.1) is 0 Å². The highest BCUT2D eigenvalue weighted by atomic mass is 16.6. The van der Waals surface area contributed by atoms with Crippen molar-refractivity contribution in [3.8, 4) is 0 Å². The van der Waals surface area contributed by atoms with Crippen LogP contribution in [0.5, 0.6) is 0 Å². The lowest BCUT2D eigenvalue weighted by Gasteiger charge is -2.23. The Morgan fingerprint density at radius 3 is 2.65 bits per heavy atom. The van der Waals surface area contributed by atoms with Gasteiger partial charge >= 0.3 is 5.97 Å². The van der Waals surface area contributed by atoms with Crippen LogP contribution in [-0.2, 0) is 14.3 Å². The van der Waals surface area contributed by atoms with E-state index in [9.17, 15) is 9.59 Å². The Bertz CT molecular complexity index is 416. The molecule has 0 aromatic heterocycles. The normalized spacial score (nSPS) is 18.9. The molecular formula is C13H15NO3. The lowest BCUT2D eigenvalue weighted by molar-refractivity contribution is -0.147. The van der Waals surface area contributed by atoms with E-state index in [1.165, 1.54) is 0 Å². The van der Waals surface area contributed by atoms with E-state index >= 15 is 0 Å². The highest BCUT2D eigenvalue weighted by molar-refractivity contribution is 5.98. The van der Waals surface area contributed by atoms with Crippen molar-refractivity contribution in [2.24, 2.45) is 0 Å². The molecule has 90 valence electrons. The van der Waals surface area contributed by atoms with Crippen LogP contribution in [-0.4, -0.2) is 24.5 Å². The molecule has 0 saturated carbocycles. The van der Waals surface area contributed by atoms with Crippen LogP contribution < -0.4 is 4.90 Å². The fraction of sp³-hybridized carbons (Fsp3) is 0.385. The second-order valence-electron chi connectivity index (χ2n) is 3.94. The second-order valence-corrected chi connectivity index (χ2v) is 3.94. The van der Waals surface area contributed by atoms with E-state index in [1.807, 2.05) is 37.3 Å². The first-order valence-electron chi connectivity index (χ1n) is 5.78. The van der Waals surface area contributed by atoms with Gasteiger partial charge in [-0.2, -0.15) is 0 Å². The van der Waals surface area contributed by atoms with Gasteiger partial charge in [0.2, 0.25) is 0 Å². The molecule has 1 aromatic carbocycles. The third-order valence-electron chi connectivity index (χ3n) is 2.81. The smallest absolute Gasteiger partial charge is 0.306 e. The lowest BCUT2D eigenvalue weighted by Crippen LogP contribution is -2.39. The van der Waals surface area contributed by atoms with Gasteiger partial charge in [-0.3, -0.25) is 9.59 Å². The molecule has 4 heteroatoms. The third kappa shape index (κ3) is 2.46. The van der Waals surface area contributed by atoms with Crippen LogP contribution in [0.3, 0.4) is 0 Å². The molecule has 1 atom stereocenters. The van der Waals surface area contributed by atoms with E-state index in [0.717, 1.165) is 5.69 Å². The Kier molecular flexibility index (Phi) is 3.42. The number of cyclic esters (lactones) is 1. The molecule has 0 spiro atoms. The molecule has 1 saturated heterocycles. The van der Waals surface area contributed by atoms with Gasteiger partial charge in [0.25, 0.3) is 5.91 Å². The van der Waals surface area contributed by atoms with Gasteiger partial charge in [0, 0.05) is 25.1 Å². The summed E-state index contributed by atoms with van der Waals surface area (Å²) in [6.45, 7) is 2.47. The zero-order valence-electron chi connectivity index (χ0n) is 9.76. The summed E-state index contributed by atoms with van der Waals surface area (Å²) in [6, 6.07) is 9.41. The number of amides is 1. The van der Waals surface area contributed by atoms with Crippen LogP contribution in [0.25, 0.3) is 0 Å². The maximum absolute atomic E-state index is 12.2. The topological polar surface area (TPSA) is 46.6 Å². The van der Waals surface area contributed by atoms with Crippen molar-refractivity contribution < 1.29 is 14.3 Å². The van der Waals surface area contributed by atoms with E-state index in [2.05, 4.69) is 0 Å². The highest BCUT2D eigenvalue weighted by Gasteiger charge is 2.33. The first-order chi connectivity index (χ1) is 8.22. The van der Waals surface area contributed by atoms with Gasteiger partial charge in [-0.25, -0.2) is 0 Å². The molecule has 1 unspecified atom stereocenters. The van der Waals surface area contributed by atoms with E-state index in [0.29, 0.717) is 19.4 Å². The second kappa shape index (κ2) is 4.99. The number of rotatable bonds is 3. The van der Waals surface area contributed by atoms with E-state index in [-0.39, 0.29) is 11.9 Å². The molecule has 1 aliphatic rings. The number of hydrogen-bond donors (Lipinski definition) is 0. The van der Waals surface area contributed by atoms with Crippen molar-refractivity contribution in [2.75, 3.05) is 11.4 Å². The number of esters is 1. The molecule has 1 aromatic rings. The van der Waals surface area contributed by atoms with Crippen LogP contribution in [0.1, 0.15) is 19.8 Å². The SMILES string of the molecule is CCN(C(=O)C1CCC(=O)O1)c1ccccc1. The molecule has 17 heavy (non-hydrogen) atoms. The molecule has 1 amide bonds. The largest absolute Gasteiger partial charge is 0.452 e. The molecule has 0 radical (unpaired) electrons. The average molecular weight is 233 g/mol. The van der Waals surface area contributed by atoms with Crippen molar-refractivity contribution >= 4 is 17.6 Å². The number of likely N-dealkylation sites (N-methyl/N-ethyl adjacent to an activating group) is 1. The van der Waals surface area contributed by atoms with Crippen LogP contribution in [0.4, 0.5) is 5.69 Å². The Balaban J connectivity index is 2.14. The predicted octanol–water partition coefficient (Wildman–Crippen LogP) is 1.75. The number of ether oxygens (including phenoxy) is 1. The summed E-state index contributed by atoms with van der Waals surface area (Å²) in [6.07, 6.45) is 0.215. The van der Waals surface area contributed by atoms with Crippen LogP contribution in [0, 0.1) is 0 Å². The quantitative estimate of drug-likeness (QED) is 0.747. The third-order valence-corrected chi connectivity index (χ3v) is 2.81. The van der Waals surface area contributed by atoms with Gasteiger partial charge in [0.15, 0.2) is 6.10 Å². The van der Waals surface area contributed by atoms with Gasteiger partial charge in [-0.1, -0.05) is 18.2 Å². The Labute approximate surface area is 100 Å². The number of carbonyl (C=O) groups excluding carboxylic acids is 2. The van der Waals surface area contributed by atoms with Crippen LogP contribution >= 0.6 is 0 Å². The van der Waals surface area contributed by atoms with Crippen molar-refractivity contribution in [2.45, 2.75) is 25.9 Å². The summed E-state index contributed by atoms with van der Waals surface area (Å²) in [5, 5.41) is 0. The van der Waals surface area contributed by atoms with Gasteiger partial charge in [0.1, 0.15) is 0 Å². The molecule has 4 nitrogen and oxygen atoms in total. The fourth-order valence-electron chi connectivity index (χ4n) is 1.95. The summed E-state index contributed by atoms with van der Waals surface area (Å²) in [5.74, 6) is -0.419. The fourth-order valence-corrected chi connectivity index (χ4v) is 1.95. The minimum atomic E-state index is -0.609. The van der Waals surface area contributed by atoms with E-state index in [4.69, 9.17) is 4.74 Å². The van der Waals surface area contributed by atoms with Crippen molar-refractivity contribution in [1.29, 1.82) is 0 Å². The van der Waals surface area contributed by atoms with E-state index < -0.39 is 6.10 Å². The maximum Gasteiger partial charge on any atom is 0.306 e. The van der Waals surface area contributed by atoms with Gasteiger partial charge in [0.05, 0.1) is 0 Å². The summed E-state index contributed by atoms with van der Waals surface area (Å²) < 4.78 is 5.00. The molecule has 1 aliphatic heterocycles. The summed E-state index contributed by atoms with van der Waals surface area (Å²) in [5.41, 5.74) is 0.836. The van der Waals surface area contributed by atoms with Crippen molar-refractivity contribution in [1.82, 2.24) is 0 Å². The molecular weight excluding hydrogens is 218 g/mol. The number of benzene rings is 1. The standard InChI is InChI=1S/C13H15NO3/c1-2-14(10-6-4-3-5-7-10)13(16)11-8-9-12(15)17-11/h3-7,11H,2,8-9H2,1H3. The summed E-state index contributed by atoms with van der Waals surface area (Å²) >= 11 is 0. The Hall–Kier alpha value is -1.84. The maximum atomic E-state index is 12.2. The summed E-state index contributed by atoms with van der Waals surface area (Å²) in [7, 11) is 0. The van der Waals surface area contributed by atoms with Gasteiger partial charge < -0.3 is 9.64 Å². The summed E-state index contributed by atoms with van der Waals surface area (Å²) in [4.78, 5) is 24.8. The molecule has 0 N–H and O–H groups in total. The van der Waals surface area contributed by atoms with Gasteiger partial charge in [-0.05, 0) is 19.1 Å². The number of anilines is 1. The lowest BCUT2D eigenvalue weighted by atomic mass is 10.2.